The number of nitrogens with zero attached hydrogens (tertiary/aromatic N) is 1. The largest absolute Gasteiger partial charge is 0.366 e. The van der Waals surface area contributed by atoms with Crippen LogP contribution in [0.5, 0.6) is 0 Å². The molecule has 3 aromatic carbocycles. The molecule has 0 heterocycles. The summed E-state index contributed by atoms with van der Waals surface area (Å²) < 4.78 is 0. The van der Waals surface area contributed by atoms with E-state index < -0.39 is 17.7 Å². The number of hydrogen-bond donors (Lipinski definition) is 3. The summed E-state index contributed by atoms with van der Waals surface area (Å²) in [5.41, 5.74) is 8.81. The average Bonchev–Trinajstić information content (AvgIpc) is 2.68. The summed E-state index contributed by atoms with van der Waals surface area (Å²) in [6.45, 7) is 0. The van der Waals surface area contributed by atoms with Crippen LogP contribution in [0.25, 0.3) is 10.8 Å². The molecule has 0 saturated heterocycles. The zero-order valence-electron chi connectivity index (χ0n) is 14.2. The number of rotatable bonds is 4. The molecule has 0 saturated carbocycles. The van der Waals surface area contributed by atoms with Crippen molar-refractivity contribution in [3.63, 3.8) is 0 Å². The molecule has 3 amide bonds. The molecule has 0 fully saturated rings. The molecule has 0 aromatic heterocycles. The van der Waals surface area contributed by atoms with Crippen molar-refractivity contribution in [3.05, 3.63) is 77.9 Å². The number of primary amides is 1. The van der Waals surface area contributed by atoms with Crippen molar-refractivity contribution in [3.8, 4) is 0 Å². The minimum atomic E-state index is -0.912. The van der Waals surface area contributed by atoms with Crippen LogP contribution in [0, 0.1) is 0 Å². The molecule has 3 aromatic rings. The Balaban J connectivity index is 1.62. The summed E-state index contributed by atoms with van der Waals surface area (Å²) in [4.78, 5) is 34.8. The van der Waals surface area contributed by atoms with Gasteiger partial charge in [-0.15, -0.1) is 0 Å². The van der Waals surface area contributed by atoms with E-state index in [4.69, 9.17) is 5.73 Å². The zero-order valence-corrected chi connectivity index (χ0v) is 14.2. The van der Waals surface area contributed by atoms with Crippen molar-refractivity contribution in [2.45, 2.75) is 0 Å². The van der Waals surface area contributed by atoms with Gasteiger partial charge in [0.05, 0.1) is 6.21 Å². The third kappa shape index (κ3) is 4.35. The molecule has 4 N–H and O–H groups in total. The Morgan fingerprint density at radius 1 is 0.852 bits per heavy atom. The highest BCUT2D eigenvalue weighted by Gasteiger charge is 2.13. The van der Waals surface area contributed by atoms with E-state index >= 15 is 0 Å². The Morgan fingerprint density at radius 2 is 1.56 bits per heavy atom. The molecule has 0 aliphatic heterocycles. The summed E-state index contributed by atoms with van der Waals surface area (Å²) in [5, 5.41) is 8.28. The van der Waals surface area contributed by atoms with E-state index in [1.807, 2.05) is 42.5 Å². The molecule has 27 heavy (non-hydrogen) atoms. The summed E-state index contributed by atoms with van der Waals surface area (Å²) in [7, 11) is 0. The number of hydrogen-bond acceptors (Lipinski definition) is 4. The number of nitrogens with one attached hydrogen (secondary N) is 2. The summed E-state index contributed by atoms with van der Waals surface area (Å²) in [6.07, 6.45) is 1.48. The highest BCUT2D eigenvalue weighted by atomic mass is 16.2. The lowest BCUT2D eigenvalue weighted by Crippen LogP contribution is -2.32. The maximum absolute atomic E-state index is 11.9. The minimum absolute atomic E-state index is 0.303. The number of nitrogens with two attached hydrogens (primary N) is 1. The molecule has 7 heteroatoms. The van der Waals surface area contributed by atoms with Gasteiger partial charge < -0.3 is 11.1 Å². The van der Waals surface area contributed by atoms with Gasteiger partial charge in [-0.1, -0.05) is 42.5 Å². The first-order chi connectivity index (χ1) is 13.0. The van der Waals surface area contributed by atoms with Crippen LogP contribution in [-0.2, 0) is 9.59 Å². The molecule has 134 valence electrons. The highest BCUT2D eigenvalue weighted by molar-refractivity contribution is 6.39. The topological polar surface area (TPSA) is 114 Å². The van der Waals surface area contributed by atoms with Crippen LogP contribution in [0.1, 0.15) is 15.9 Å². The molecule has 3 rings (SSSR count). The smallest absolute Gasteiger partial charge is 0.329 e. The Bertz CT molecular complexity index is 1040. The number of amides is 3. The normalized spacial score (nSPS) is 10.7. The summed E-state index contributed by atoms with van der Waals surface area (Å²) in [6, 6.07) is 19.3. The van der Waals surface area contributed by atoms with Crippen LogP contribution in [0.15, 0.2) is 71.8 Å². The van der Waals surface area contributed by atoms with Crippen molar-refractivity contribution in [1.82, 2.24) is 5.43 Å². The van der Waals surface area contributed by atoms with Crippen molar-refractivity contribution in [2.75, 3.05) is 5.32 Å². The predicted octanol–water partition coefficient (Wildman–Crippen LogP) is 2.03. The minimum Gasteiger partial charge on any atom is -0.366 e. The Hall–Kier alpha value is -4.00. The number of carbonyl (C=O) groups excluding carboxylic acids is 3. The lowest BCUT2D eigenvalue weighted by Gasteiger charge is -2.05. The van der Waals surface area contributed by atoms with Crippen molar-refractivity contribution < 1.29 is 14.4 Å². The van der Waals surface area contributed by atoms with Gasteiger partial charge in [0.15, 0.2) is 0 Å². The third-order valence-electron chi connectivity index (χ3n) is 3.83. The van der Waals surface area contributed by atoms with Crippen LogP contribution in [-0.4, -0.2) is 23.9 Å². The number of hydrazone groups is 1. The van der Waals surface area contributed by atoms with Gasteiger partial charge in [0.2, 0.25) is 5.91 Å². The first kappa shape index (κ1) is 17.8. The third-order valence-corrected chi connectivity index (χ3v) is 3.83. The molecular weight excluding hydrogens is 344 g/mol. The Kier molecular flexibility index (Phi) is 5.22. The van der Waals surface area contributed by atoms with Crippen molar-refractivity contribution in [1.29, 1.82) is 0 Å². The van der Waals surface area contributed by atoms with Crippen LogP contribution in [0.3, 0.4) is 0 Å². The summed E-state index contributed by atoms with van der Waals surface area (Å²) >= 11 is 0. The Labute approximate surface area is 154 Å². The standard InChI is InChI=1S/C20H16N4O3/c21-18(25)14-8-10-16(11-9-14)23-19(26)20(27)24-22-12-15-6-3-5-13-4-1-2-7-17(13)15/h1-12H,(H2,21,25)(H,23,26)(H,24,27)/b22-12+. The van der Waals surface area contributed by atoms with E-state index in [2.05, 4.69) is 15.8 Å². The second-order valence-corrected chi connectivity index (χ2v) is 5.66. The molecule has 0 radical (unpaired) electrons. The molecule has 0 spiro atoms. The number of carbonyl (C=O) groups is 3. The maximum atomic E-state index is 11.9. The number of fused-ring (bicyclic) bond motifs is 1. The van der Waals surface area contributed by atoms with Gasteiger partial charge in [0.25, 0.3) is 0 Å². The van der Waals surface area contributed by atoms with Crippen LogP contribution in [0.4, 0.5) is 5.69 Å². The fourth-order valence-electron chi connectivity index (χ4n) is 2.48. The first-order valence-electron chi connectivity index (χ1n) is 8.06. The van der Waals surface area contributed by atoms with Gasteiger partial charge in [-0.05, 0) is 35.0 Å². The number of anilines is 1. The van der Waals surface area contributed by atoms with Gasteiger partial charge in [0.1, 0.15) is 0 Å². The van der Waals surface area contributed by atoms with E-state index in [9.17, 15) is 14.4 Å². The van der Waals surface area contributed by atoms with Gasteiger partial charge >= 0.3 is 11.8 Å². The molecule has 7 nitrogen and oxygen atoms in total. The van der Waals surface area contributed by atoms with E-state index in [0.29, 0.717) is 11.3 Å². The maximum Gasteiger partial charge on any atom is 0.329 e. The molecular formula is C20H16N4O3. The van der Waals surface area contributed by atoms with E-state index in [1.54, 1.807) is 0 Å². The highest BCUT2D eigenvalue weighted by Crippen LogP contribution is 2.16. The van der Waals surface area contributed by atoms with Gasteiger partial charge in [-0.25, -0.2) is 5.43 Å². The molecule has 0 aliphatic carbocycles. The zero-order chi connectivity index (χ0) is 19.2. The average molecular weight is 360 g/mol. The molecule has 0 bridgehead atoms. The van der Waals surface area contributed by atoms with E-state index in [1.165, 1.54) is 30.5 Å². The molecule has 0 aliphatic rings. The van der Waals surface area contributed by atoms with Gasteiger partial charge in [-0.2, -0.15) is 5.10 Å². The van der Waals surface area contributed by atoms with Crippen LogP contribution >= 0.6 is 0 Å². The second kappa shape index (κ2) is 7.92. The SMILES string of the molecule is NC(=O)c1ccc(NC(=O)C(=O)N/N=C/c2cccc3ccccc23)cc1. The lowest BCUT2D eigenvalue weighted by atomic mass is 10.1. The van der Waals surface area contributed by atoms with Gasteiger partial charge in [-0.3, -0.25) is 14.4 Å². The summed E-state index contributed by atoms with van der Waals surface area (Å²) in [5.74, 6) is -2.37. The first-order valence-corrected chi connectivity index (χ1v) is 8.06. The fourth-order valence-corrected chi connectivity index (χ4v) is 2.48. The van der Waals surface area contributed by atoms with Crippen LogP contribution in [0.2, 0.25) is 0 Å². The Morgan fingerprint density at radius 3 is 2.30 bits per heavy atom. The van der Waals surface area contributed by atoms with Crippen LogP contribution < -0.4 is 16.5 Å². The van der Waals surface area contributed by atoms with E-state index in [0.717, 1.165) is 16.3 Å². The van der Waals surface area contributed by atoms with Crippen molar-refractivity contribution in [2.24, 2.45) is 10.8 Å². The quantitative estimate of drug-likeness (QED) is 0.376. The predicted molar refractivity (Wildman–Crippen MR) is 103 cm³/mol. The molecule has 0 unspecified atom stereocenters. The second-order valence-electron chi connectivity index (χ2n) is 5.66. The van der Waals surface area contributed by atoms with Crippen molar-refractivity contribution >= 4 is 40.4 Å². The number of benzene rings is 3. The molecule has 0 atom stereocenters. The van der Waals surface area contributed by atoms with Gasteiger partial charge in [0, 0.05) is 16.8 Å². The fraction of sp³-hybridized carbons (Fsp3) is 0. The monoisotopic (exact) mass is 360 g/mol. The van der Waals surface area contributed by atoms with E-state index in [-0.39, 0.29) is 0 Å². The lowest BCUT2D eigenvalue weighted by molar-refractivity contribution is -0.136.